The third kappa shape index (κ3) is 3.89. The molecule has 8 heteroatoms. The normalized spacial score (nSPS) is 11.1. The summed E-state index contributed by atoms with van der Waals surface area (Å²) >= 11 is 0. The number of halogens is 1. The van der Waals surface area contributed by atoms with Crippen LogP contribution in [0.4, 0.5) is 4.39 Å². The molecule has 0 radical (unpaired) electrons. The molecule has 7 nitrogen and oxygen atoms in total. The van der Waals surface area contributed by atoms with Crippen LogP contribution in [0.3, 0.4) is 0 Å². The second-order valence-electron chi connectivity index (χ2n) is 5.28. The number of methoxy groups -OCH3 is 4. The van der Waals surface area contributed by atoms with Gasteiger partial charge in [0.2, 0.25) is 5.75 Å². The van der Waals surface area contributed by atoms with E-state index in [1.54, 1.807) is 0 Å². The van der Waals surface area contributed by atoms with Gasteiger partial charge in [-0.25, -0.2) is 9.18 Å². The number of hydrogen-bond donors (Lipinski definition) is 1. The molecule has 2 aromatic rings. The average molecular weight is 377 g/mol. The van der Waals surface area contributed by atoms with Crippen molar-refractivity contribution in [2.45, 2.75) is 0 Å². The van der Waals surface area contributed by atoms with Gasteiger partial charge in [-0.3, -0.25) is 0 Å². The van der Waals surface area contributed by atoms with Crippen LogP contribution < -0.4 is 24.1 Å². The van der Waals surface area contributed by atoms with Crippen LogP contribution in [0, 0.1) is 5.82 Å². The first-order valence-corrected chi connectivity index (χ1v) is 7.66. The maximum absolute atomic E-state index is 14.3. The monoisotopic (exact) mass is 377 g/mol. The van der Waals surface area contributed by atoms with Crippen molar-refractivity contribution >= 4 is 17.6 Å². The molecule has 0 saturated carbocycles. The zero-order valence-electron chi connectivity index (χ0n) is 15.2. The lowest BCUT2D eigenvalue weighted by molar-refractivity contribution is -0.274. The highest BCUT2D eigenvalue weighted by Gasteiger charge is 2.19. The first kappa shape index (κ1) is 19.9. The second-order valence-corrected chi connectivity index (χ2v) is 5.28. The minimum atomic E-state index is -1.33. The molecular weight excluding hydrogens is 359 g/mol. The third-order valence-electron chi connectivity index (χ3n) is 3.82. The van der Waals surface area contributed by atoms with Gasteiger partial charge in [-0.05, 0) is 41.7 Å². The average Bonchev–Trinajstić information content (AvgIpc) is 2.67. The van der Waals surface area contributed by atoms with Gasteiger partial charge in [-0.2, -0.15) is 0 Å². The number of hydrogen-bond acceptors (Lipinski definition) is 6. The van der Waals surface area contributed by atoms with Crippen molar-refractivity contribution in [3.63, 3.8) is 0 Å². The molecule has 0 saturated heterocycles. The van der Waals surface area contributed by atoms with Crippen LogP contribution in [0.15, 0.2) is 24.3 Å². The summed E-state index contributed by atoms with van der Waals surface area (Å²) < 4.78 is 34.7. The van der Waals surface area contributed by atoms with Crippen LogP contribution in [-0.4, -0.2) is 39.5 Å². The SMILES string of the molecule is COc1ccc(/C=C(/C(=O)O)c2cc(OC)c(OC)c(OC)c2)c(F)c1[O-]. The van der Waals surface area contributed by atoms with Gasteiger partial charge in [0.25, 0.3) is 0 Å². The number of benzene rings is 2. The van der Waals surface area contributed by atoms with Crippen molar-refractivity contribution in [1.82, 2.24) is 0 Å². The molecule has 0 aliphatic carbocycles. The summed E-state index contributed by atoms with van der Waals surface area (Å²) in [6.07, 6.45) is 1.05. The van der Waals surface area contributed by atoms with Crippen LogP contribution in [0.1, 0.15) is 11.1 Å². The highest BCUT2D eigenvalue weighted by atomic mass is 19.1. The fourth-order valence-electron chi connectivity index (χ4n) is 2.49. The Morgan fingerprint density at radius 1 is 1.00 bits per heavy atom. The van der Waals surface area contributed by atoms with E-state index in [0.29, 0.717) is 0 Å². The molecule has 0 heterocycles. The first-order valence-electron chi connectivity index (χ1n) is 7.66. The van der Waals surface area contributed by atoms with E-state index in [9.17, 15) is 19.4 Å². The molecule has 0 amide bonds. The maximum Gasteiger partial charge on any atom is 0.336 e. The van der Waals surface area contributed by atoms with Gasteiger partial charge in [0.15, 0.2) is 11.5 Å². The number of carbonyl (C=O) groups is 1. The summed E-state index contributed by atoms with van der Waals surface area (Å²) in [5.74, 6) is -2.81. The molecule has 0 atom stereocenters. The van der Waals surface area contributed by atoms with Crippen LogP contribution in [0.25, 0.3) is 11.6 Å². The van der Waals surface area contributed by atoms with E-state index in [0.717, 1.165) is 6.08 Å². The topological polar surface area (TPSA) is 97.3 Å². The Morgan fingerprint density at radius 2 is 1.56 bits per heavy atom. The summed E-state index contributed by atoms with van der Waals surface area (Å²) in [6.45, 7) is 0. The molecule has 27 heavy (non-hydrogen) atoms. The van der Waals surface area contributed by atoms with Crippen LogP contribution in [-0.2, 0) is 4.79 Å². The van der Waals surface area contributed by atoms with Crippen LogP contribution >= 0.6 is 0 Å². The smallest absolute Gasteiger partial charge is 0.336 e. The third-order valence-corrected chi connectivity index (χ3v) is 3.82. The van der Waals surface area contributed by atoms with E-state index in [-0.39, 0.29) is 39.7 Å². The van der Waals surface area contributed by atoms with E-state index >= 15 is 0 Å². The number of ether oxygens (including phenoxy) is 4. The van der Waals surface area contributed by atoms with Gasteiger partial charge in [0.1, 0.15) is 11.6 Å². The Bertz CT molecular complexity index is 865. The van der Waals surface area contributed by atoms with Crippen LogP contribution in [0.5, 0.6) is 28.7 Å². The van der Waals surface area contributed by atoms with Gasteiger partial charge in [0, 0.05) is 5.56 Å². The van der Waals surface area contributed by atoms with E-state index in [2.05, 4.69) is 0 Å². The molecule has 2 aromatic carbocycles. The Hall–Kier alpha value is -3.42. The van der Waals surface area contributed by atoms with Gasteiger partial charge in [-0.1, -0.05) is 0 Å². The minimum Gasteiger partial charge on any atom is -0.868 e. The van der Waals surface area contributed by atoms with Crippen LogP contribution in [0.2, 0.25) is 0 Å². The number of carboxylic acids is 1. The fourth-order valence-corrected chi connectivity index (χ4v) is 2.49. The zero-order chi connectivity index (χ0) is 20.1. The molecule has 144 valence electrons. The molecule has 0 aliphatic heterocycles. The Balaban J connectivity index is 2.67. The Morgan fingerprint density at radius 3 is 2.00 bits per heavy atom. The highest BCUT2D eigenvalue weighted by Crippen LogP contribution is 2.40. The standard InChI is InChI=1S/C19H19FO7/c1-24-13-6-5-10(16(20)17(13)21)7-12(19(22)23)11-8-14(25-2)18(27-4)15(9-11)26-3/h5-9,21H,1-4H3,(H,22,23)/p-1/b12-7+. The van der Waals surface area contributed by atoms with Crippen molar-refractivity contribution in [3.8, 4) is 28.7 Å². The van der Waals surface area contributed by atoms with Gasteiger partial charge < -0.3 is 29.2 Å². The molecule has 2 rings (SSSR count). The lowest BCUT2D eigenvalue weighted by atomic mass is 10.0. The molecule has 0 aliphatic rings. The summed E-state index contributed by atoms with van der Waals surface area (Å²) in [7, 11) is 5.43. The van der Waals surface area contributed by atoms with E-state index in [1.807, 2.05) is 0 Å². The fraction of sp³-hybridized carbons (Fsp3) is 0.211. The number of carboxylic acid groups (broad SMARTS) is 1. The van der Waals surface area contributed by atoms with E-state index in [1.165, 1.54) is 52.7 Å². The largest absolute Gasteiger partial charge is 0.868 e. The minimum absolute atomic E-state index is 0.172. The first-order chi connectivity index (χ1) is 12.9. The summed E-state index contributed by atoms with van der Waals surface area (Å²) in [6, 6.07) is 5.37. The molecule has 0 aromatic heterocycles. The van der Waals surface area contributed by atoms with Gasteiger partial charge in [0.05, 0.1) is 34.0 Å². The van der Waals surface area contributed by atoms with E-state index < -0.39 is 17.5 Å². The predicted octanol–water partition coefficient (Wildman–Crippen LogP) is 2.56. The van der Waals surface area contributed by atoms with Gasteiger partial charge >= 0.3 is 5.97 Å². The summed E-state index contributed by atoms with van der Waals surface area (Å²) in [5, 5.41) is 21.5. The predicted molar refractivity (Wildman–Crippen MR) is 94.0 cm³/mol. The van der Waals surface area contributed by atoms with Crippen molar-refractivity contribution in [2.75, 3.05) is 28.4 Å². The zero-order valence-corrected chi connectivity index (χ0v) is 15.2. The van der Waals surface area contributed by atoms with E-state index in [4.69, 9.17) is 18.9 Å². The Labute approximate surface area is 155 Å². The molecule has 0 spiro atoms. The lowest BCUT2D eigenvalue weighted by Gasteiger charge is -2.16. The van der Waals surface area contributed by atoms with Gasteiger partial charge in [-0.15, -0.1) is 0 Å². The summed E-state index contributed by atoms with van der Waals surface area (Å²) in [4.78, 5) is 11.8. The maximum atomic E-state index is 14.3. The van der Waals surface area contributed by atoms with Crippen molar-refractivity contribution in [2.24, 2.45) is 0 Å². The molecule has 0 bridgehead atoms. The number of rotatable bonds is 7. The quantitative estimate of drug-likeness (QED) is 0.585. The lowest BCUT2D eigenvalue weighted by Crippen LogP contribution is -2.04. The molecule has 1 N–H and O–H groups in total. The van der Waals surface area contributed by atoms with Crippen molar-refractivity contribution < 1.29 is 38.3 Å². The summed E-state index contributed by atoms with van der Waals surface area (Å²) in [5.41, 5.74) is -0.274. The molecular formula is C19H18FO7-. The molecule has 0 fully saturated rings. The number of aliphatic carboxylic acids is 1. The molecule has 0 unspecified atom stereocenters. The van der Waals surface area contributed by atoms with Crippen molar-refractivity contribution in [3.05, 3.63) is 41.2 Å². The Kier molecular flexibility index (Phi) is 6.12. The highest BCUT2D eigenvalue weighted by molar-refractivity contribution is 6.21. The van der Waals surface area contributed by atoms with Crippen molar-refractivity contribution in [1.29, 1.82) is 0 Å². The second kappa shape index (κ2) is 8.31.